The normalized spacial score (nSPS) is 11.5. The Hall–Kier alpha value is -1.56. The number of aryl methyl sites for hydroxylation is 1. The van der Waals surface area contributed by atoms with Gasteiger partial charge in [-0.2, -0.15) is 5.10 Å². The Morgan fingerprint density at radius 1 is 1.79 bits per heavy atom. The Labute approximate surface area is 84.7 Å². The van der Waals surface area contributed by atoms with Gasteiger partial charge in [-0.1, -0.05) is 16.8 Å². The van der Waals surface area contributed by atoms with Crippen LogP contribution in [0.1, 0.15) is 16.2 Å². The van der Waals surface area contributed by atoms with E-state index in [0.717, 1.165) is 0 Å². The number of aromatic nitrogens is 2. The smallest absolute Gasteiger partial charge is 0.358 e. The fraction of sp³-hybridized carbons (Fsp3) is 0.286. The molecule has 1 aromatic heterocycles. The van der Waals surface area contributed by atoms with Crippen molar-refractivity contribution in [1.29, 1.82) is 0 Å². The summed E-state index contributed by atoms with van der Waals surface area (Å²) < 4.78 is 5.77. The molecule has 0 saturated carbocycles. The number of esters is 1. The van der Waals surface area contributed by atoms with Crippen molar-refractivity contribution in [3.63, 3.8) is 0 Å². The van der Waals surface area contributed by atoms with E-state index in [1.54, 1.807) is 7.05 Å². The lowest BCUT2D eigenvalue weighted by atomic mass is 10.3. The zero-order valence-electron chi connectivity index (χ0n) is 7.56. The molecule has 0 atom stereocenters. The second kappa shape index (κ2) is 4.10. The van der Waals surface area contributed by atoms with E-state index in [0.29, 0.717) is 5.69 Å². The fourth-order valence-electron chi connectivity index (χ4n) is 0.916. The van der Waals surface area contributed by atoms with Crippen LogP contribution in [0.25, 0.3) is 0 Å². The number of ether oxygens (including phenoxy) is 1. The molecule has 0 amide bonds. The van der Waals surface area contributed by atoms with Crippen molar-refractivity contribution in [3.05, 3.63) is 17.5 Å². The highest BCUT2D eigenvalue weighted by atomic mass is 35.5. The van der Waals surface area contributed by atoms with Gasteiger partial charge in [-0.25, -0.2) is 4.79 Å². The van der Waals surface area contributed by atoms with Crippen molar-refractivity contribution in [2.45, 2.75) is 0 Å². The molecule has 0 bridgehead atoms. The molecule has 0 radical (unpaired) electrons. The second-order valence-corrected chi connectivity index (χ2v) is 2.78. The van der Waals surface area contributed by atoms with Gasteiger partial charge in [-0.3, -0.25) is 4.68 Å². The Bertz CT molecular complexity index is 386. The maximum Gasteiger partial charge on any atom is 0.358 e. The van der Waals surface area contributed by atoms with Gasteiger partial charge in [-0.05, 0) is 0 Å². The minimum atomic E-state index is -0.575. The number of methoxy groups -OCH3 is 1. The second-order valence-electron chi connectivity index (χ2n) is 2.42. The molecule has 0 aromatic carbocycles. The minimum Gasteiger partial charge on any atom is -0.464 e. The van der Waals surface area contributed by atoms with Gasteiger partial charge in [0.25, 0.3) is 0 Å². The Balaban J connectivity index is 3.11. The first-order valence-electron chi connectivity index (χ1n) is 3.60. The number of halogens is 1. The molecule has 0 unspecified atom stereocenters. The van der Waals surface area contributed by atoms with Gasteiger partial charge in [0.05, 0.1) is 7.11 Å². The Morgan fingerprint density at radius 3 is 2.93 bits per heavy atom. The molecule has 7 heteroatoms. The summed E-state index contributed by atoms with van der Waals surface area (Å²) in [6.07, 6.45) is 0. The molecular weight excluding hydrogens is 210 g/mol. The lowest BCUT2D eigenvalue weighted by Crippen LogP contribution is -2.04. The van der Waals surface area contributed by atoms with Crippen molar-refractivity contribution in [2.75, 3.05) is 7.11 Å². The molecule has 6 nitrogen and oxygen atoms in total. The zero-order chi connectivity index (χ0) is 10.7. The Kier molecular flexibility index (Phi) is 3.08. The van der Waals surface area contributed by atoms with Crippen LogP contribution < -0.4 is 0 Å². The van der Waals surface area contributed by atoms with Gasteiger partial charge in [-0.15, -0.1) is 0 Å². The lowest BCUT2D eigenvalue weighted by Gasteiger charge is -1.94. The van der Waals surface area contributed by atoms with Crippen LogP contribution in [0.3, 0.4) is 0 Å². The first-order chi connectivity index (χ1) is 6.60. The van der Waals surface area contributed by atoms with Crippen LogP contribution in [0.15, 0.2) is 11.2 Å². The molecule has 1 rings (SSSR count). The summed E-state index contributed by atoms with van der Waals surface area (Å²) >= 11 is 5.54. The van der Waals surface area contributed by atoms with E-state index in [9.17, 15) is 4.79 Å². The largest absolute Gasteiger partial charge is 0.464 e. The van der Waals surface area contributed by atoms with Crippen molar-refractivity contribution in [1.82, 2.24) is 9.78 Å². The van der Waals surface area contributed by atoms with E-state index in [1.165, 1.54) is 17.9 Å². The summed E-state index contributed by atoms with van der Waals surface area (Å²) in [6.45, 7) is 0. The number of rotatable bonds is 2. The predicted octanol–water partition coefficient (Wildman–Crippen LogP) is 0.581. The third kappa shape index (κ3) is 1.85. The van der Waals surface area contributed by atoms with Gasteiger partial charge in [0.2, 0.25) is 0 Å². The van der Waals surface area contributed by atoms with E-state index in [2.05, 4.69) is 15.0 Å². The highest BCUT2D eigenvalue weighted by molar-refractivity contribution is 6.69. The zero-order valence-corrected chi connectivity index (χ0v) is 8.32. The van der Waals surface area contributed by atoms with Crippen molar-refractivity contribution < 1.29 is 14.7 Å². The molecule has 0 aliphatic heterocycles. The van der Waals surface area contributed by atoms with Crippen LogP contribution in [0.4, 0.5) is 0 Å². The average molecular weight is 218 g/mol. The number of carbonyl (C=O) groups is 1. The van der Waals surface area contributed by atoms with Crippen LogP contribution in [-0.4, -0.2) is 33.2 Å². The molecular formula is C7H8ClN3O3. The van der Waals surface area contributed by atoms with Crippen molar-refractivity contribution in [2.24, 2.45) is 12.2 Å². The van der Waals surface area contributed by atoms with Crippen LogP contribution in [-0.2, 0) is 11.8 Å². The van der Waals surface area contributed by atoms with E-state index in [-0.39, 0.29) is 10.9 Å². The van der Waals surface area contributed by atoms with Gasteiger partial charge >= 0.3 is 5.97 Å². The quantitative estimate of drug-likeness (QED) is 0.340. The fourth-order valence-corrected chi connectivity index (χ4v) is 1.09. The third-order valence-corrected chi connectivity index (χ3v) is 1.84. The molecule has 1 aromatic rings. The summed E-state index contributed by atoms with van der Waals surface area (Å²) in [6, 6.07) is 1.37. The summed E-state index contributed by atoms with van der Waals surface area (Å²) in [4.78, 5) is 11.0. The summed E-state index contributed by atoms with van der Waals surface area (Å²) in [7, 11) is 2.81. The number of hydrogen-bond acceptors (Lipinski definition) is 5. The van der Waals surface area contributed by atoms with Crippen LogP contribution in [0.5, 0.6) is 0 Å². The molecule has 1 N–H and O–H groups in total. The maximum absolute atomic E-state index is 11.0. The monoisotopic (exact) mass is 217 g/mol. The third-order valence-electron chi connectivity index (χ3n) is 1.57. The average Bonchev–Trinajstić information content (AvgIpc) is 2.58. The molecule has 0 spiro atoms. The van der Waals surface area contributed by atoms with Crippen molar-refractivity contribution >= 4 is 22.7 Å². The van der Waals surface area contributed by atoms with Crippen molar-refractivity contribution in [3.8, 4) is 0 Å². The lowest BCUT2D eigenvalue weighted by molar-refractivity contribution is 0.0593. The van der Waals surface area contributed by atoms with E-state index < -0.39 is 5.97 Å². The number of oxime groups is 1. The molecule has 0 aliphatic rings. The number of nitrogens with zero attached hydrogens (tertiary/aromatic N) is 3. The van der Waals surface area contributed by atoms with E-state index in [4.69, 9.17) is 16.8 Å². The molecule has 14 heavy (non-hydrogen) atoms. The van der Waals surface area contributed by atoms with Gasteiger partial charge in [0, 0.05) is 13.1 Å². The molecule has 76 valence electrons. The van der Waals surface area contributed by atoms with Gasteiger partial charge < -0.3 is 9.94 Å². The van der Waals surface area contributed by atoms with E-state index >= 15 is 0 Å². The standard InChI is InChI=1S/C7H8ClN3O3/c1-11-5(6(8)10-13)3-4(9-11)7(12)14-2/h3,13H,1-2H3. The molecule has 0 fully saturated rings. The van der Waals surface area contributed by atoms with Crippen LogP contribution in [0.2, 0.25) is 0 Å². The highest BCUT2D eigenvalue weighted by Crippen LogP contribution is 2.08. The first kappa shape index (κ1) is 10.5. The highest BCUT2D eigenvalue weighted by Gasteiger charge is 2.15. The minimum absolute atomic E-state index is 0.104. The first-order valence-corrected chi connectivity index (χ1v) is 3.98. The maximum atomic E-state index is 11.0. The molecule has 1 heterocycles. The Morgan fingerprint density at radius 2 is 2.43 bits per heavy atom. The topological polar surface area (TPSA) is 76.7 Å². The van der Waals surface area contributed by atoms with Crippen LogP contribution >= 0.6 is 11.6 Å². The predicted molar refractivity (Wildman–Crippen MR) is 48.7 cm³/mol. The van der Waals surface area contributed by atoms with Gasteiger partial charge in [0.15, 0.2) is 10.9 Å². The summed E-state index contributed by atoms with van der Waals surface area (Å²) in [5, 5.41) is 14.9. The van der Waals surface area contributed by atoms with E-state index in [1.807, 2.05) is 0 Å². The van der Waals surface area contributed by atoms with Gasteiger partial charge in [0.1, 0.15) is 5.69 Å². The summed E-state index contributed by atoms with van der Waals surface area (Å²) in [5.74, 6) is -0.575. The summed E-state index contributed by atoms with van der Waals surface area (Å²) in [5.41, 5.74) is 0.432. The number of carbonyl (C=O) groups excluding carboxylic acids is 1. The molecule has 0 aliphatic carbocycles. The molecule has 0 saturated heterocycles. The van der Waals surface area contributed by atoms with Crippen LogP contribution in [0, 0.1) is 0 Å². The SMILES string of the molecule is COC(=O)c1cc(C(Cl)=NO)n(C)n1. The number of hydrogen-bond donors (Lipinski definition) is 1.